The molecule has 0 aliphatic carbocycles. The molecule has 0 spiro atoms. The molecule has 1 unspecified atom stereocenters. The second-order valence-corrected chi connectivity index (χ2v) is 6.28. The van der Waals surface area contributed by atoms with E-state index >= 15 is 0 Å². The lowest BCUT2D eigenvalue weighted by atomic mass is 10.0. The van der Waals surface area contributed by atoms with Crippen LogP contribution in [0.15, 0.2) is 48.8 Å². The SMILES string of the molecule is CC(C)Oc1ccc(CN2CCNCC2c2ccncc2)cc1. The normalized spacial score (nSPS) is 19.0. The molecule has 0 radical (unpaired) electrons. The molecule has 0 amide bonds. The summed E-state index contributed by atoms with van der Waals surface area (Å²) >= 11 is 0. The summed E-state index contributed by atoms with van der Waals surface area (Å²) in [4.78, 5) is 6.66. The van der Waals surface area contributed by atoms with Crippen LogP contribution in [0.2, 0.25) is 0 Å². The van der Waals surface area contributed by atoms with Gasteiger partial charge in [-0.25, -0.2) is 0 Å². The summed E-state index contributed by atoms with van der Waals surface area (Å²) in [6, 6.07) is 13.1. The molecule has 0 bridgehead atoms. The molecule has 1 fully saturated rings. The quantitative estimate of drug-likeness (QED) is 0.921. The Balaban J connectivity index is 1.69. The van der Waals surface area contributed by atoms with Gasteiger partial charge in [0.15, 0.2) is 0 Å². The largest absolute Gasteiger partial charge is 0.491 e. The van der Waals surface area contributed by atoms with E-state index < -0.39 is 0 Å². The van der Waals surface area contributed by atoms with Crippen molar-refractivity contribution in [2.24, 2.45) is 0 Å². The maximum atomic E-state index is 5.72. The van der Waals surface area contributed by atoms with Gasteiger partial charge in [0.25, 0.3) is 0 Å². The highest BCUT2D eigenvalue weighted by atomic mass is 16.5. The number of nitrogens with zero attached hydrogens (tertiary/aromatic N) is 2. The van der Waals surface area contributed by atoms with Gasteiger partial charge in [0.1, 0.15) is 5.75 Å². The molecule has 3 rings (SSSR count). The summed E-state index contributed by atoms with van der Waals surface area (Å²) in [7, 11) is 0. The molecule has 1 aromatic heterocycles. The van der Waals surface area contributed by atoms with Crippen molar-refractivity contribution in [2.45, 2.75) is 32.5 Å². The molecule has 2 heterocycles. The van der Waals surface area contributed by atoms with E-state index in [2.05, 4.69) is 51.6 Å². The Bertz CT molecular complexity index is 598. The van der Waals surface area contributed by atoms with Crippen LogP contribution < -0.4 is 10.1 Å². The van der Waals surface area contributed by atoms with E-state index in [9.17, 15) is 0 Å². The number of benzene rings is 1. The summed E-state index contributed by atoms with van der Waals surface area (Å²) in [6.45, 7) is 8.13. The first kappa shape index (κ1) is 16.0. The molecule has 0 saturated carbocycles. The first-order valence-corrected chi connectivity index (χ1v) is 8.32. The van der Waals surface area contributed by atoms with Gasteiger partial charge in [-0.05, 0) is 49.2 Å². The lowest BCUT2D eigenvalue weighted by Gasteiger charge is -2.36. The summed E-state index contributed by atoms with van der Waals surface area (Å²) in [5.74, 6) is 0.940. The molecule has 122 valence electrons. The topological polar surface area (TPSA) is 37.4 Å². The highest BCUT2D eigenvalue weighted by Crippen LogP contribution is 2.24. The average Bonchev–Trinajstić information content (AvgIpc) is 2.57. The van der Waals surface area contributed by atoms with Crippen LogP contribution in [0.1, 0.15) is 31.0 Å². The van der Waals surface area contributed by atoms with E-state index in [4.69, 9.17) is 4.74 Å². The van der Waals surface area contributed by atoms with Crippen LogP contribution in [0.25, 0.3) is 0 Å². The number of hydrogen-bond donors (Lipinski definition) is 1. The van der Waals surface area contributed by atoms with Crippen molar-refractivity contribution < 1.29 is 4.74 Å². The summed E-state index contributed by atoms with van der Waals surface area (Å²) in [5.41, 5.74) is 2.65. The number of pyridine rings is 1. The highest BCUT2D eigenvalue weighted by Gasteiger charge is 2.23. The number of aromatic nitrogens is 1. The molecule has 23 heavy (non-hydrogen) atoms. The molecule has 4 heteroatoms. The Morgan fingerprint density at radius 3 is 2.61 bits per heavy atom. The molecule has 1 aliphatic heterocycles. The van der Waals surface area contributed by atoms with Gasteiger partial charge in [0.2, 0.25) is 0 Å². The molecular formula is C19H25N3O. The third-order valence-electron chi connectivity index (χ3n) is 4.13. The van der Waals surface area contributed by atoms with Crippen molar-refractivity contribution in [3.05, 3.63) is 59.9 Å². The summed E-state index contributed by atoms with van der Waals surface area (Å²) in [6.07, 6.45) is 3.96. The van der Waals surface area contributed by atoms with E-state index in [1.807, 2.05) is 26.2 Å². The van der Waals surface area contributed by atoms with Crippen molar-refractivity contribution in [3.63, 3.8) is 0 Å². The van der Waals surface area contributed by atoms with E-state index in [0.29, 0.717) is 6.04 Å². The maximum Gasteiger partial charge on any atom is 0.119 e. The third kappa shape index (κ3) is 4.30. The Morgan fingerprint density at radius 2 is 1.91 bits per heavy atom. The number of rotatable bonds is 5. The highest BCUT2D eigenvalue weighted by molar-refractivity contribution is 5.28. The van der Waals surface area contributed by atoms with Gasteiger partial charge >= 0.3 is 0 Å². The van der Waals surface area contributed by atoms with E-state index in [1.54, 1.807) is 0 Å². The fourth-order valence-corrected chi connectivity index (χ4v) is 3.03. The fraction of sp³-hybridized carbons (Fsp3) is 0.421. The first-order chi connectivity index (χ1) is 11.2. The molecule has 1 aromatic carbocycles. The number of piperazine rings is 1. The standard InChI is InChI=1S/C19H25N3O/c1-15(2)23-18-5-3-16(4-6-18)14-22-12-11-21-13-19(22)17-7-9-20-10-8-17/h3-10,15,19,21H,11-14H2,1-2H3. The minimum Gasteiger partial charge on any atom is -0.491 e. The zero-order valence-corrected chi connectivity index (χ0v) is 13.9. The first-order valence-electron chi connectivity index (χ1n) is 8.32. The van der Waals surface area contributed by atoms with Crippen molar-refractivity contribution in [2.75, 3.05) is 19.6 Å². The number of hydrogen-bond acceptors (Lipinski definition) is 4. The molecule has 1 saturated heterocycles. The molecule has 1 N–H and O–H groups in total. The van der Waals surface area contributed by atoms with Gasteiger partial charge in [0, 0.05) is 44.6 Å². The monoisotopic (exact) mass is 311 g/mol. The Labute approximate surface area is 138 Å². The molecule has 2 aromatic rings. The van der Waals surface area contributed by atoms with Gasteiger partial charge in [-0.3, -0.25) is 9.88 Å². The molecule has 1 aliphatic rings. The van der Waals surface area contributed by atoms with E-state index in [1.165, 1.54) is 11.1 Å². The molecular weight excluding hydrogens is 286 g/mol. The summed E-state index contributed by atoms with van der Waals surface area (Å²) in [5, 5.41) is 3.50. The zero-order valence-electron chi connectivity index (χ0n) is 13.9. The second-order valence-electron chi connectivity index (χ2n) is 6.28. The Morgan fingerprint density at radius 1 is 1.17 bits per heavy atom. The predicted octanol–water partition coefficient (Wildman–Crippen LogP) is 3.02. The predicted molar refractivity (Wildman–Crippen MR) is 92.5 cm³/mol. The fourth-order valence-electron chi connectivity index (χ4n) is 3.03. The Hall–Kier alpha value is -1.91. The van der Waals surface area contributed by atoms with Crippen LogP contribution >= 0.6 is 0 Å². The smallest absolute Gasteiger partial charge is 0.119 e. The van der Waals surface area contributed by atoms with Gasteiger partial charge in [0.05, 0.1) is 6.10 Å². The minimum absolute atomic E-state index is 0.213. The molecule has 1 atom stereocenters. The van der Waals surface area contributed by atoms with Crippen molar-refractivity contribution in [1.29, 1.82) is 0 Å². The Kier molecular flexibility index (Phi) is 5.26. The summed E-state index contributed by atoms with van der Waals surface area (Å²) < 4.78 is 5.72. The minimum atomic E-state index is 0.213. The van der Waals surface area contributed by atoms with Crippen LogP contribution in [-0.4, -0.2) is 35.6 Å². The van der Waals surface area contributed by atoms with Gasteiger partial charge in [-0.15, -0.1) is 0 Å². The van der Waals surface area contributed by atoms with E-state index in [0.717, 1.165) is 31.9 Å². The third-order valence-corrected chi connectivity index (χ3v) is 4.13. The second kappa shape index (κ2) is 7.57. The van der Waals surface area contributed by atoms with Crippen LogP contribution in [-0.2, 0) is 6.54 Å². The van der Waals surface area contributed by atoms with Gasteiger partial charge < -0.3 is 10.1 Å². The lowest BCUT2D eigenvalue weighted by molar-refractivity contribution is 0.153. The maximum absolute atomic E-state index is 5.72. The van der Waals surface area contributed by atoms with Crippen molar-refractivity contribution >= 4 is 0 Å². The van der Waals surface area contributed by atoms with Crippen molar-refractivity contribution in [1.82, 2.24) is 15.2 Å². The number of nitrogens with one attached hydrogen (secondary N) is 1. The van der Waals surface area contributed by atoms with Gasteiger partial charge in [-0.2, -0.15) is 0 Å². The van der Waals surface area contributed by atoms with Crippen molar-refractivity contribution in [3.8, 4) is 5.75 Å². The molecule has 4 nitrogen and oxygen atoms in total. The number of ether oxygens (including phenoxy) is 1. The average molecular weight is 311 g/mol. The zero-order chi connectivity index (χ0) is 16.1. The van der Waals surface area contributed by atoms with Crippen LogP contribution in [0.4, 0.5) is 0 Å². The van der Waals surface area contributed by atoms with Gasteiger partial charge in [-0.1, -0.05) is 12.1 Å². The van der Waals surface area contributed by atoms with Crippen LogP contribution in [0, 0.1) is 0 Å². The lowest BCUT2D eigenvalue weighted by Crippen LogP contribution is -2.45. The van der Waals surface area contributed by atoms with Crippen LogP contribution in [0.5, 0.6) is 5.75 Å². The van der Waals surface area contributed by atoms with Crippen LogP contribution in [0.3, 0.4) is 0 Å². The van der Waals surface area contributed by atoms with E-state index in [-0.39, 0.29) is 6.10 Å².